The molecule has 1 atom stereocenters. The Morgan fingerprint density at radius 1 is 1.62 bits per heavy atom. The monoisotopic (exact) mass is 226 g/mol. The Morgan fingerprint density at radius 2 is 2.31 bits per heavy atom. The molecule has 1 rings (SSSR count). The van der Waals surface area contributed by atoms with E-state index in [1.807, 2.05) is 5.32 Å². The summed E-state index contributed by atoms with van der Waals surface area (Å²) >= 11 is 0. The van der Waals surface area contributed by atoms with Gasteiger partial charge in [0.1, 0.15) is 6.33 Å². The number of aryl methyl sites for hydroxylation is 1. The molecule has 0 fully saturated rings. The summed E-state index contributed by atoms with van der Waals surface area (Å²) in [5.74, 6) is 0.0876. The lowest BCUT2D eigenvalue weighted by atomic mass is 10.3. The summed E-state index contributed by atoms with van der Waals surface area (Å²) in [5.41, 5.74) is 4.82. The van der Waals surface area contributed by atoms with Crippen LogP contribution in [0.1, 0.15) is 12.7 Å². The van der Waals surface area contributed by atoms with E-state index < -0.39 is 18.0 Å². The molecule has 16 heavy (non-hydrogen) atoms. The molecule has 1 aromatic heterocycles. The van der Waals surface area contributed by atoms with Crippen molar-refractivity contribution in [3.63, 3.8) is 0 Å². The van der Waals surface area contributed by atoms with Gasteiger partial charge < -0.3 is 5.73 Å². The Hall–Kier alpha value is -1.96. The quantitative estimate of drug-likeness (QED) is 0.577. The Balaban J connectivity index is 2.37. The molecular formula is C8H14N6O2. The van der Waals surface area contributed by atoms with Crippen LogP contribution in [0.5, 0.6) is 0 Å². The number of hydrogen-bond donors (Lipinski definition) is 3. The highest BCUT2D eigenvalue weighted by atomic mass is 16.2. The lowest BCUT2D eigenvalue weighted by Gasteiger charge is -2.10. The van der Waals surface area contributed by atoms with Crippen molar-refractivity contribution >= 4 is 11.9 Å². The third-order valence-corrected chi connectivity index (χ3v) is 1.85. The number of imide groups is 1. The minimum absolute atomic E-state index is 0.341. The number of carbonyl (C=O) groups excluding carboxylic acids is 2. The van der Waals surface area contributed by atoms with Gasteiger partial charge in [-0.3, -0.25) is 20.1 Å². The first-order valence-corrected chi connectivity index (χ1v) is 4.67. The molecule has 0 spiro atoms. The van der Waals surface area contributed by atoms with Gasteiger partial charge in [-0.1, -0.05) is 0 Å². The maximum Gasteiger partial charge on any atom is 0.318 e. The summed E-state index contributed by atoms with van der Waals surface area (Å²) in [6.07, 6.45) is 1.56. The fourth-order valence-electron chi connectivity index (χ4n) is 1.03. The summed E-state index contributed by atoms with van der Waals surface area (Å²) < 4.78 is 1.56. The van der Waals surface area contributed by atoms with E-state index in [0.717, 1.165) is 0 Å². The van der Waals surface area contributed by atoms with Gasteiger partial charge in [0, 0.05) is 7.05 Å². The second kappa shape index (κ2) is 5.21. The topological polar surface area (TPSA) is 115 Å². The van der Waals surface area contributed by atoms with Gasteiger partial charge in [-0.2, -0.15) is 5.10 Å². The SMILES string of the molecule is CC(NCc1ncn(C)n1)C(=O)NC(N)=O. The average molecular weight is 226 g/mol. The zero-order valence-corrected chi connectivity index (χ0v) is 9.10. The van der Waals surface area contributed by atoms with E-state index in [1.165, 1.54) is 0 Å². The number of amides is 3. The molecule has 0 aliphatic carbocycles. The maximum absolute atomic E-state index is 11.3. The van der Waals surface area contributed by atoms with Crippen LogP contribution < -0.4 is 16.4 Å². The highest BCUT2D eigenvalue weighted by Gasteiger charge is 2.14. The molecule has 0 saturated carbocycles. The van der Waals surface area contributed by atoms with Crippen LogP contribution in [0.3, 0.4) is 0 Å². The van der Waals surface area contributed by atoms with Gasteiger partial charge in [0.25, 0.3) is 0 Å². The average Bonchev–Trinajstić information content (AvgIpc) is 2.59. The molecule has 1 unspecified atom stereocenters. The number of nitrogens with two attached hydrogens (primary N) is 1. The Bertz CT molecular complexity index is 388. The van der Waals surface area contributed by atoms with E-state index in [-0.39, 0.29) is 0 Å². The van der Waals surface area contributed by atoms with Crippen LogP contribution in [0.15, 0.2) is 6.33 Å². The van der Waals surface area contributed by atoms with Crippen LogP contribution in [-0.2, 0) is 18.4 Å². The molecule has 0 bridgehead atoms. The number of nitrogens with zero attached hydrogens (tertiary/aromatic N) is 3. The van der Waals surface area contributed by atoms with Gasteiger partial charge >= 0.3 is 6.03 Å². The van der Waals surface area contributed by atoms with Crippen LogP contribution in [0, 0.1) is 0 Å². The molecule has 8 heteroatoms. The molecule has 0 saturated heterocycles. The lowest BCUT2D eigenvalue weighted by Crippen LogP contribution is -2.46. The van der Waals surface area contributed by atoms with E-state index in [0.29, 0.717) is 12.4 Å². The Morgan fingerprint density at radius 3 is 2.81 bits per heavy atom. The predicted molar refractivity (Wildman–Crippen MR) is 55.0 cm³/mol. The van der Waals surface area contributed by atoms with Gasteiger partial charge in [0.15, 0.2) is 5.82 Å². The van der Waals surface area contributed by atoms with E-state index in [1.54, 1.807) is 25.0 Å². The number of carbonyl (C=O) groups is 2. The van der Waals surface area contributed by atoms with E-state index in [9.17, 15) is 9.59 Å². The number of rotatable bonds is 4. The summed E-state index contributed by atoms with van der Waals surface area (Å²) in [4.78, 5) is 25.7. The van der Waals surface area contributed by atoms with Gasteiger partial charge in [-0.15, -0.1) is 0 Å². The van der Waals surface area contributed by atoms with Gasteiger partial charge in [-0.05, 0) is 6.92 Å². The molecular weight excluding hydrogens is 212 g/mol. The molecule has 3 amide bonds. The minimum Gasteiger partial charge on any atom is -0.351 e. The third kappa shape index (κ3) is 3.65. The van der Waals surface area contributed by atoms with Crippen LogP contribution in [-0.4, -0.2) is 32.7 Å². The van der Waals surface area contributed by atoms with Gasteiger partial charge in [0.2, 0.25) is 5.91 Å². The summed E-state index contributed by atoms with van der Waals surface area (Å²) in [6.45, 7) is 1.95. The van der Waals surface area contributed by atoms with Crippen molar-refractivity contribution in [2.24, 2.45) is 12.8 Å². The Kier molecular flexibility index (Phi) is 3.95. The Labute approximate surface area is 92.2 Å². The largest absolute Gasteiger partial charge is 0.351 e. The molecule has 0 aromatic carbocycles. The summed E-state index contributed by atoms with van der Waals surface area (Å²) in [5, 5.41) is 8.86. The number of primary amides is 1. The zero-order valence-electron chi connectivity index (χ0n) is 9.10. The van der Waals surface area contributed by atoms with Crippen LogP contribution >= 0.6 is 0 Å². The minimum atomic E-state index is -0.866. The number of urea groups is 1. The van der Waals surface area contributed by atoms with Crippen LogP contribution in [0.2, 0.25) is 0 Å². The van der Waals surface area contributed by atoms with Crippen molar-refractivity contribution < 1.29 is 9.59 Å². The second-order valence-electron chi connectivity index (χ2n) is 3.29. The smallest absolute Gasteiger partial charge is 0.318 e. The van der Waals surface area contributed by atoms with Gasteiger partial charge in [0.05, 0.1) is 12.6 Å². The fraction of sp³-hybridized carbons (Fsp3) is 0.500. The molecule has 1 aromatic rings. The van der Waals surface area contributed by atoms with Crippen molar-refractivity contribution in [3.05, 3.63) is 12.2 Å². The lowest BCUT2D eigenvalue weighted by molar-refractivity contribution is -0.121. The van der Waals surface area contributed by atoms with Crippen molar-refractivity contribution in [1.29, 1.82) is 0 Å². The van der Waals surface area contributed by atoms with E-state index in [4.69, 9.17) is 5.73 Å². The van der Waals surface area contributed by atoms with Crippen LogP contribution in [0.25, 0.3) is 0 Å². The number of hydrogen-bond acceptors (Lipinski definition) is 5. The van der Waals surface area contributed by atoms with Crippen molar-refractivity contribution in [2.75, 3.05) is 0 Å². The first-order valence-electron chi connectivity index (χ1n) is 4.67. The third-order valence-electron chi connectivity index (χ3n) is 1.85. The molecule has 1 heterocycles. The molecule has 0 aliphatic heterocycles. The normalized spacial score (nSPS) is 12.1. The van der Waals surface area contributed by atoms with Crippen molar-refractivity contribution in [1.82, 2.24) is 25.4 Å². The number of aromatic nitrogens is 3. The van der Waals surface area contributed by atoms with E-state index >= 15 is 0 Å². The second-order valence-corrected chi connectivity index (χ2v) is 3.29. The first kappa shape index (κ1) is 12.1. The van der Waals surface area contributed by atoms with Crippen molar-refractivity contribution in [2.45, 2.75) is 19.5 Å². The van der Waals surface area contributed by atoms with E-state index in [2.05, 4.69) is 15.4 Å². The first-order chi connectivity index (χ1) is 7.49. The summed E-state index contributed by atoms with van der Waals surface area (Å²) in [7, 11) is 1.75. The predicted octanol–water partition coefficient (Wildman–Crippen LogP) is -1.51. The highest BCUT2D eigenvalue weighted by Crippen LogP contribution is 1.89. The molecule has 0 aliphatic rings. The fourth-order valence-corrected chi connectivity index (χ4v) is 1.03. The summed E-state index contributed by atoms with van der Waals surface area (Å²) in [6, 6.07) is -1.41. The molecule has 88 valence electrons. The van der Waals surface area contributed by atoms with Crippen LogP contribution in [0.4, 0.5) is 4.79 Å². The highest BCUT2D eigenvalue weighted by molar-refractivity contribution is 5.96. The molecule has 4 N–H and O–H groups in total. The van der Waals surface area contributed by atoms with Crippen molar-refractivity contribution in [3.8, 4) is 0 Å². The van der Waals surface area contributed by atoms with Gasteiger partial charge in [-0.25, -0.2) is 9.78 Å². The molecule has 0 radical (unpaired) electrons. The standard InChI is InChI=1S/C8H14N6O2/c1-5(7(15)12-8(9)16)10-3-6-11-4-14(2)13-6/h4-5,10H,3H2,1-2H3,(H3,9,12,15,16). The molecule has 8 nitrogen and oxygen atoms in total. The number of nitrogens with one attached hydrogen (secondary N) is 2. The zero-order chi connectivity index (χ0) is 12.1. The maximum atomic E-state index is 11.3.